The summed E-state index contributed by atoms with van der Waals surface area (Å²) in [7, 11) is 0. The minimum atomic E-state index is -0.259. The fraction of sp³-hybridized carbons (Fsp3) is 0.846. The Balaban J connectivity index is 1.87. The summed E-state index contributed by atoms with van der Waals surface area (Å²) < 4.78 is 11.7. The van der Waals surface area contributed by atoms with Gasteiger partial charge in [0.2, 0.25) is 0 Å². The van der Waals surface area contributed by atoms with E-state index in [1.807, 2.05) is 6.08 Å². The summed E-state index contributed by atoms with van der Waals surface area (Å²) in [5.74, 6) is 0.276. The van der Waals surface area contributed by atoms with E-state index in [4.69, 9.17) is 14.6 Å². The fourth-order valence-electron chi connectivity index (χ4n) is 2.89. The van der Waals surface area contributed by atoms with E-state index in [2.05, 4.69) is 6.08 Å². The molecule has 1 aliphatic heterocycles. The monoisotopic (exact) mass is 226 g/mol. The molecule has 2 fully saturated rings. The first kappa shape index (κ1) is 12.1. The molecule has 1 aliphatic carbocycles. The van der Waals surface area contributed by atoms with Gasteiger partial charge in [0.25, 0.3) is 0 Å². The van der Waals surface area contributed by atoms with Crippen LogP contribution in [-0.2, 0) is 9.47 Å². The molecule has 1 spiro atoms. The highest BCUT2D eigenvalue weighted by Gasteiger charge is 2.45. The van der Waals surface area contributed by atoms with Crippen molar-refractivity contribution in [3.05, 3.63) is 12.2 Å². The molecule has 1 atom stereocenters. The molecule has 0 aromatic heterocycles. The van der Waals surface area contributed by atoms with Gasteiger partial charge in [0.1, 0.15) is 0 Å². The Morgan fingerprint density at radius 2 is 2.00 bits per heavy atom. The maximum absolute atomic E-state index is 8.67. The molecule has 1 N–H and O–H groups in total. The minimum absolute atomic E-state index is 0.142. The predicted octanol–water partition coefficient (Wildman–Crippen LogP) is 2.25. The number of hydrogen-bond acceptors (Lipinski definition) is 3. The lowest BCUT2D eigenvalue weighted by molar-refractivity contribution is -0.213. The molecule has 1 saturated carbocycles. The third-order valence-electron chi connectivity index (χ3n) is 3.68. The molecule has 0 aromatic carbocycles. The Morgan fingerprint density at radius 1 is 1.19 bits per heavy atom. The van der Waals surface area contributed by atoms with Crippen molar-refractivity contribution in [1.82, 2.24) is 0 Å². The van der Waals surface area contributed by atoms with E-state index in [9.17, 15) is 0 Å². The lowest BCUT2D eigenvalue weighted by Crippen LogP contribution is -2.41. The van der Waals surface area contributed by atoms with Crippen molar-refractivity contribution in [1.29, 1.82) is 0 Å². The van der Waals surface area contributed by atoms with Crippen molar-refractivity contribution in [3.63, 3.8) is 0 Å². The Kier molecular flexibility index (Phi) is 4.38. The molecule has 2 aliphatic rings. The molecule has 3 heteroatoms. The zero-order valence-electron chi connectivity index (χ0n) is 9.86. The molecule has 1 heterocycles. The number of aliphatic hydroxyl groups excluding tert-OH is 1. The zero-order valence-corrected chi connectivity index (χ0v) is 9.86. The Morgan fingerprint density at radius 3 is 2.75 bits per heavy atom. The second-order valence-electron chi connectivity index (χ2n) is 4.68. The molecule has 2 rings (SSSR count). The average molecular weight is 226 g/mol. The Hall–Kier alpha value is -0.380. The maximum atomic E-state index is 8.67. The highest BCUT2D eigenvalue weighted by molar-refractivity contribution is 4.89. The van der Waals surface area contributed by atoms with E-state index in [0.717, 1.165) is 32.5 Å². The molecule has 1 saturated heterocycles. The standard InChI is InChI=1S/C13H22O3/c14-9-5-1-2-6-12-7-3-4-8-13(12)15-10-11-16-13/h1,5,12,14H,2-4,6-11H2/b5-1+. The van der Waals surface area contributed by atoms with E-state index >= 15 is 0 Å². The summed E-state index contributed by atoms with van der Waals surface area (Å²) >= 11 is 0. The number of allylic oxidation sites excluding steroid dienone is 1. The number of hydrogen-bond donors (Lipinski definition) is 1. The SMILES string of the molecule is OC/C=C/CCC1CCCCC12OCCO2. The van der Waals surface area contributed by atoms with Crippen LogP contribution >= 0.6 is 0 Å². The van der Waals surface area contributed by atoms with Gasteiger partial charge < -0.3 is 14.6 Å². The first-order valence-corrected chi connectivity index (χ1v) is 6.41. The smallest absolute Gasteiger partial charge is 0.171 e. The predicted molar refractivity (Wildman–Crippen MR) is 62.1 cm³/mol. The lowest BCUT2D eigenvalue weighted by atomic mass is 9.80. The number of aliphatic hydroxyl groups is 1. The molecule has 16 heavy (non-hydrogen) atoms. The van der Waals surface area contributed by atoms with Crippen LogP contribution in [0, 0.1) is 5.92 Å². The first-order valence-electron chi connectivity index (χ1n) is 6.41. The van der Waals surface area contributed by atoms with Crippen LogP contribution in [0.25, 0.3) is 0 Å². The highest BCUT2D eigenvalue weighted by atomic mass is 16.7. The first-order chi connectivity index (χ1) is 7.87. The number of rotatable bonds is 4. The van der Waals surface area contributed by atoms with Gasteiger partial charge in [-0.15, -0.1) is 0 Å². The molecule has 92 valence electrons. The molecular formula is C13H22O3. The third-order valence-corrected chi connectivity index (χ3v) is 3.68. The van der Waals surface area contributed by atoms with Crippen molar-refractivity contribution >= 4 is 0 Å². The summed E-state index contributed by atoms with van der Waals surface area (Å²) in [6, 6.07) is 0. The topological polar surface area (TPSA) is 38.7 Å². The van der Waals surface area contributed by atoms with Crippen LogP contribution in [0.2, 0.25) is 0 Å². The van der Waals surface area contributed by atoms with Gasteiger partial charge in [0, 0.05) is 12.3 Å². The minimum Gasteiger partial charge on any atom is -0.392 e. The largest absolute Gasteiger partial charge is 0.392 e. The molecule has 3 nitrogen and oxygen atoms in total. The second-order valence-corrected chi connectivity index (χ2v) is 4.68. The second kappa shape index (κ2) is 5.80. The van der Waals surface area contributed by atoms with Gasteiger partial charge in [-0.05, 0) is 25.7 Å². The van der Waals surface area contributed by atoms with Gasteiger partial charge in [-0.2, -0.15) is 0 Å². The summed E-state index contributed by atoms with van der Waals surface area (Å²) in [4.78, 5) is 0. The molecule has 0 radical (unpaired) electrons. The summed E-state index contributed by atoms with van der Waals surface area (Å²) in [5.41, 5.74) is 0. The van der Waals surface area contributed by atoms with Crippen molar-refractivity contribution in [3.8, 4) is 0 Å². The molecule has 0 amide bonds. The quantitative estimate of drug-likeness (QED) is 0.747. The van der Waals surface area contributed by atoms with Crippen LogP contribution < -0.4 is 0 Å². The van der Waals surface area contributed by atoms with E-state index in [1.54, 1.807) is 0 Å². The van der Waals surface area contributed by atoms with Crippen LogP contribution in [0.4, 0.5) is 0 Å². The Bertz CT molecular complexity index is 231. The van der Waals surface area contributed by atoms with Gasteiger partial charge >= 0.3 is 0 Å². The highest BCUT2D eigenvalue weighted by Crippen LogP contribution is 2.42. The van der Waals surface area contributed by atoms with Crippen LogP contribution in [0.3, 0.4) is 0 Å². The van der Waals surface area contributed by atoms with Gasteiger partial charge in [0.05, 0.1) is 19.8 Å². The van der Waals surface area contributed by atoms with E-state index in [0.29, 0.717) is 5.92 Å². The average Bonchev–Trinajstić information content (AvgIpc) is 2.76. The van der Waals surface area contributed by atoms with Crippen molar-refractivity contribution < 1.29 is 14.6 Å². The number of ether oxygens (including phenoxy) is 2. The molecular weight excluding hydrogens is 204 g/mol. The third kappa shape index (κ3) is 2.65. The van der Waals surface area contributed by atoms with Crippen LogP contribution in [0.5, 0.6) is 0 Å². The van der Waals surface area contributed by atoms with Gasteiger partial charge in [-0.25, -0.2) is 0 Å². The lowest BCUT2D eigenvalue weighted by Gasteiger charge is -2.39. The van der Waals surface area contributed by atoms with Gasteiger partial charge in [-0.3, -0.25) is 0 Å². The molecule has 0 bridgehead atoms. The Labute approximate surface area is 97.4 Å². The van der Waals surface area contributed by atoms with Crippen molar-refractivity contribution in [2.45, 2.75) is 44.3 Å². The van der Waals surface area contributed by atoms with Crippen molar-refractivity contribution in [2.24, 2.45) is 5.92 Å². The van der Waals surface area contributed by atoms with E-state index in [-0.39, 0.29) is 12.4 Å². The normalized spacial score (nSPS) is 29.2. The van der Waals surface area contributed by atoms with Crippen LogP contribution in [-0.4, -0.2) is 30.7 Å². The van der Waals surface area contributed by atoms with E-state index < -0.39 is 0 Å². The van der Waals surface area contributed by atoms with Crippen LogP contribution in [0.15, 0.2) is 12.2 Å². The van der Waals surface area contributed by atoms with Crippen molar-refractivity contribution in [2.75, 3.05) is 19.8 Å². The van der Waals surface area contributed by atoms with Gasteiger partial charge in [0.15, 0.2) is 5.79 Å². The summed E-state index contributed by atoms with van der Waals surface area (Å²) in [5, 5.41) is 8.67. The zero-order chi connectivity index (χ0) is 11.3. The molecule has 0 aromatic rings. The summed E-state index contributed by atoms with van der Waals surface area (Å²) in [6.45, 7) is 1.65. The fourth-order valence-corrected chi connectivity index (χ4v) is 2.89. The maximum Gasteiger partial charge on any atom is 0.171 e. The summed E-state index contributed by atoms with van der Waals surface area (Å²) in [6.07, 6.45) is 10.8. The molecule has 1 unspecified atom stereocenters. The van der Waals surface area contributed by atoms with Crippen LogP contribution in [0.1, 0.15) is 38.5 Å². The van der Waals surface area contributed by atoms with E-state index in [1.165, 1.54) is 19.3 Å². The van der Waals surface area contributed by atoms with Gasteiger partial charge in [-0.1, -0.05) is 18.6 Å².